The second kappa shape index (κ2) is 9.76. The first-order chi connectivity index (χ1) is 14.0. The van der Waals surface area contributed by atoms with Gasteiger partial charge in [-0.1, -0.05) is 24.3 Å². The van der Waals surface area contributed by atoms with Crippen molar-refractivity contribution in [3.05, 3.63) is 53.6 Å². The fourth-order valence-corrected chi connectivity index (χ4v) is 3.79. The van der Waals surface area contributed by atoms with E-state index in [-0.39, 0.29) is 35.6 Å². The Balaban J connectivity index is 0.00000256. The predicted molar refractivity (Wildman–Crippen MR) is 129 cm³/mol. The molecule has 6 nitrogen and oxygen atoms in total. The summed E-state index contributed by atoms with van der Waals surface area (Å²) in [5.41, 5.74) is 2.04. The van der Waals surface area contributed by atoms with Crippen molar-refractivity contribution in [3.63, 3.8) is 0 Å². The smallest absolute Gasteiger partial charge is 0.191 e. The first-order valence-electron chi connectivity index (χ1n) is 10.2. The Bertz CT molecular complexity index is 901. The molecule has 2 aliphatic heterocycles. The van der Waals surface area contributed by atoms with Gasteiger partial charge in [0.25, 0.3) is 0 Å². The van der Waals surface area contributed by atoms with Crippen molar-refractivity contribution in [1.29, 1.82) is 0 Å². The second-order valence-corrected chi connectivity index (χ2v) is 8.06. The van der Waals surface area contributed by atoms with Crippen LogP contribution < -0.4 is 24.8 Å². The number of rotatable bonds is 3. The van der Waals surface area contributed by atoms with Crippen molar-refractivity contribution in [2.24, 2.45) is 4.99 Å². The van der Waals surface area contributed by atoms with Gasteiger partial charge < -0.3 is 24.8 Å². The van der Waals surface area contributed by atoms with Crippen LogP contribution in [0.3, 0.4) is 0 Å². The monoisotopic (exact) mass is 523 g/mol. The molecule has 1 atom stereocenters. The van der Waals surface area contributed by atoms with E-state index in [0.717, 1.165) is 47.2 Å². The molecular formula is C23H30IN3O3. The standard InChI is InChI=1S/C23H29N3O3.HI/c1-23(2)14-18(17-7-4-5-8-19(17)29-23)26-22(24-3)25-15-16-9-10-20-21(13-16)28-12-6-11-27-20;/h4-5,7-10,13,18H,6,11-12,14-15H2,1-3H3,(H2,24,25,26);1H. The van der Waals surface area contributed by atoms with E-state index in [1.165, 1.54) is 0 Å². The number of guanidine groups is 1. The summed E-state index contributed by atoms with van der Waals surface area (Å²) in [7, 11) is 1.79. The SMILES string of the molecule is CN=C(NCc1ccc2c(c1)OCCCO2)NC1CC(C)(C)Oc2ccccc21.I. The molecule has 2 aliphatic rings. The fraction of sp³-hybridized carbons (Fsp3) is 0.435. The number of aliphatic imine (C=N–C) groups is 1. The topological polar surface area (TPSA) is 64.1 Å². The van der Waals surface area contributed by atoms with Crippen LogP contribution in [0.1, 0.15) is 43.9 Å². The second-order valence-electron chi connectivity index (χ2n) is 8.06. The molecule has 2 aromatic carbocycles. The molecule has 0 bridgehead atoms. The van der Waals surface area contributed by atoms with Crippen molar-refractivity contribution in [3.8, 4) is 17.2 Å². The van der Waals surface area contributed by atoms with Gasteiger partial charge in [-0.15, -0.1) is 24.0 Å². The van der Waals surface area contributed by atoms with Crippen LogP contribution in [0.2, 0.25) is 0 Å². The molecule has 7 heteroatoms. The summed E-state index contributed by atoms with van der Waals surface area (Å²) in [6.07, 6.45) is 1.76. The summed E-state index contributed by atoms with van der Waals surface area (Å²) in [6, 6.07) is 14.4. The van der Waals surface area contributed by atoms with Gasteiger partial charge in [0.05, 0.1) is 19.3 Å². The highest BCUT2D eigenvalue weighted by atomic mass is 127. The summed E-state index contributed by atoms with van der Waals surface area (Å²) in [5, 5.41) is 6.98. The molecule has 4 rings (SSSR count). The van der Waals surface area contributed by atoms with Crippen molar-refractivity contribution < 1.29 is 14.2 Å². The van der Waals surface area contributed by atoms with Gasteiger partial charge in [-0.3, -0.25) is 4.99 Å². The van der Waals surface area contributed by atoms with Crippen LogP contribution >= 0.6 is 24.0 Å². The van der Waals surface area contributed by atoms with Crippen LogP contribution in [-0.4, -0.2) is 31.8 Å². The molecule has 0 spiro atoms. The lowest BCUT2D eigenvalue weighted by atomic mass is 9.90. The minimum Gasteiger partial charge on any atom is -0.490 e. The van der Waals surface area contributed by atoms with E-state index in [1.807, 2.05) is 30.3 Å². The number of fused-ring (bicyclic) bond motifs is 2. The Labute approximate surface area is 195 Å². The Morgan fingerprint density at radius 1 is 1.07 bits per heavy atom. The van der Waals surface area contributed by atoms with E-state index >= 15 is 0 Å². The molecule has 0 saturated heterocycles. The molecule has 2 heterocycles. The van der Waals surface area contributed by atoms with Gasteiger partial charge in [0.2, 0.25) is 0 Å². The molecule has 0 aromatic heterocycles. The predicted octanol–water partition coefficient (Wildman–Crippen LogP) is 4.43. The van der Waals surface area contributed by atoms with Gasteiger partial charge in [0, 0.05) is 32.0 Å². The molecular weight excluding hydrogens is 493 g/mol. The largest absolute Gasteiger partial charge is 0.490 e. The molecule has 0 amide bonds. The van der Waals surface area contributed by atoms with Gasteiger partial charge in [-0.05, 0) is 37.6 Å². The van der Waals surface area contributed by atoms with Crippen LogP contribution in [0.15, 0.2) is 47.5 Å². The van der Waals surface area contributed by atoms with Gasteiger partial charge in [-0.2, -0.15) is 0 Å². The third-order valence-electron chi connectivity index (χ3n) is 5.18. The normalized spacial score (nSPS) is 19.4. The summed E-state index contributed by atoms with van der Waals surface area (Å²) in [4.78, 5) is 4.42. The Hall–Kier alpha value is -2.16. The van der Waals surface area contributed by atoms with Gasteiger partial charge in [0.15, 0.2) is 17.5 Å². The highest BCUT2D eigenvalue weighted by Gasteiger charge is 2.33. The summed E-state index contributed by atoms with van der Waals surface area (Å²) in [5.74, 6) is 3.31. The van der Waals surface area contributed by atoms with Gasteiger partial charge >= 0.3 is 0 Å². The van der Waals surface area contributed by atoms with Gasteiger partial charge in [-0.25, -0.2) is 0 Å². The fourth-order valence-electron chi connectivity index (χ4n) is 3.79. The highest BCUT2D eigenvalue weighted by Crippen LogP contribution is 2.39. The molecule has 0 saturated carbocycles. The summed E-state index contributed by atoms with van der Waals surface area (Å²) >= 11 is 0. The van der Waals surface area contributed by atoms with Crippen LogP contribution in [0.4, 0.5) is 0 Å². The van der Waals surface area contributed by atoms with E-state index in [4.69, 9.17) is 14.2 Å². The van der Waals surface area contributed by atoms with Crippen LogP contribution in [0.25, 0.3) is 0 Å². The molecule has 2 aromatic rings. The zero-order chi connectivity index (χ0) is 20.3. The first-order valence-corrected chi connectivity index (χ1v) is 10.2. The Kier molecular flexibility index (Phi) is 7.33. The third-order valence-corrected chi connectivity index (χ3v) is 5.18. The summed E-state index contributed by atoms with van der Waals surface area (Å²) in [6.45, 7) is 6.26. The minimum atomic E-state index is -0.237. The molecule has 1 unspecified atom stereocenters. The number of benzene rings is 2. The molecule has 2 N–H and O–H groups in total. The molecule has 0 radical (unpaired) electrons. The average molecular weight is 523 g/mol. The van der Waals surface area contributed by atoms with Gasteiger partial charge in [0.1, 0.15) is 11.4 Å². The number of nitrogens with one attached hydrogen (secondary N) is 2. The maximum atomic E-state index is 6.13. The van der Waals surface area contributed by atoms with Crippen LogP contribution in [0.5, 0.6) is 17.2 Å². The van der Waals surface area contributed by atoms with Crippen molar-refractivity contribution in [1.82, 2.24) is 10.6 Å². The lowest BCUT2D eigenvalue weighted by Crippen LogP contribution is -2.45. The third kappa shape index (κ3) is 5.30. The lowest BCUT2D eigenvalue weighted by Gasteiger charge is -2.38. The van der Waals surface area contributed by atoms with Crippen molar-refractivity contribution >= 4 is 29.9 Å². The van der Waals surface area contributed by atoms with E-state index in [0.29, 0.717) is 19.8 Å². The Morgan fingerprint density at radius 2 is 1.83 bits per heavy atom. The lowest BCUT2D eigenvalue weighted by molar-refractivity contribution is 0.0694. The molecule has 0 aliphatic carbocycles. The molecule has 30 heavy (non-hydrogen) atoms. The Morgan fingerprint density at radius 3 is 2.63 bits per heavy atom. The van der Waals surface area contributed by atoms with E-state index in [2.05, 4.69) is 41.6 Å². The number of nitrogens with zero attached hydrogens (tertiary/aromatic N) is 1. The number of halogens is 1. The number of para-hydroxylation sites is 1. The van der Waals surface area contributed by atoms with Crippen molar-refractivity contribution in [2.45, 2.75) is 44.9 Å². The van der Waals surface area contributed by atoms with Crippen LogP contribution in [-0.2, 0) is 6.54 Å². The van der Waals surface area contributed by atoms with E-state index < -0.39 is 0 Å². The maximum Gasteiger partial charge on any atom is 0.191 e. The molecule has 0 fully saturated rings. The number of hydrogen-bond acceptors (Lipinski definition) is 4. The zero-order valence-electron chi connectivity index (χ0n) is 17.7. The highest BCUT2D eigenvalue weighted by molar-refractivity contribution is 14.0. The minimum absolute atomic E-state index is 0. The maximum absolute atomic E-state index is 6.13. The summed E-state index contributed by atoms with van der Waals surface area (Å²) < 4.78 is 17.6. The van der Waals surface area contributed by atoms with Crippen LogP contribution in [0, 0.1) is 0 Å². The van der Waals surface area contributed by atoms with E-state index in [1.54, 1.807) is 7.05 Å². The first kappa shape index (κ1) is 22.5. The van der Waals surface area contributed by atoms with E-state index in [9.17, 15) is 0 Å². The molecule has 162 valence electrons. The van der Waals surface area contributed by atoms with Crippen molar-refractivity contribution in [2.75, 3.05) is 20.3 Å². The number of ether oxygens (including phenoxy) is 3. The quantitative estimate of drug-likeness (QED) is 0.354. The zero-order valence-corrected chi connectivity index (χ0v) is 20.1. The number of hydrogen-bond donors (Lipinski definition) is 2. The average Bonchev–Trinajstić information content (AvgIpc) is 2.95.